The Bertz CT molecular complexity index is 731. The van der Waals surface area contributed by atoms with Gasteiger partial charge in [0.05, 0.1) is 6.10 Å². The highest BCUT2D eigenvalue weighted by molar-refractivity contribution is 5.36. The van der Waals surface area contributed by atoms with Gasteiger partial charge in [0, 0.05) is 0 Å². The summed E-state index contributed by atoms with van der Waals surface area (Å²) < 4.78 is 0. The molecule has 30 heavy (non-hydrogen) atoms. The van der Waals surface area contributed by atoms with Crippen molar-refractivity contribution in [3.63, 3.8) is 0 Å². The molecule has 0 spiro atoms. The number of aliphatic hydroxyl groups excluding tert-OH is 1. The van der Waals surface area contributed by atoms with E-state index in [0.717, 1.165) is 42.4 Å². The van der Waals surface area contributed by atoms with E-state index in [4.69, 9.17) is 0 Å². The topological polar surface area (TPSA) is 32.3 Å². The molecular formula is C28H45NO. The van der Waals surface area contributed by atoms with Gasteiger partial charge < -0.3 is 10.4 Å². The fourth-order valence-electron chi connectivity index (χ4n) is 9.21. The van der Waals surface area contributed by atoms with Gasteiger partial charge in [-0.2, -0.15) is 0 Å². The molecule has 1 aliphatic heterocycles. The minimum Gasteiger partial charge on any atom is -0.393 e. The van der Waals surface area contributed by atoms with Crippen molar-refractivity contribution in [1.82, 2.24) is 5.32 Å². The van der Waals surface area contributed by atoms with Gasteiger partial charge >= 0.3 is 0 Å². The lowest BCUT2D eigenvalue weighted by molar-refractivity contribution is -0.0543. The summed E-state index contributed by atoms with van der Waals surface area (Å²) in [6, 6.07) is 0. The molecule has 0 bridgehead atoms. The lowest BCUT2D eigenvalue weighted by Gasteiger charge is -2.60. The van der Waals surface area contributed by atoms with Crippen LogP contribution < -0.4 is 5.32 Å². The minimum absolute atomic E-state index is 0.0985. The van der Waals surface area contributed by atoms with Crippen LogP contribution in [0.1, 0.15) is 91.9 Å². The molecule has 3 fully saturated rings. The summed E-state index contributed by atoms with van der Waals surface area (Å²) in [6.45, 7) is 12.5. The molecule has 4 aliphatic carbocycles. The van der Waals surface area contributed by atoms with Gasteiger partial charge in [-0.3, -0.25) is 0 Å². The van der Waals surface area contributed by atoms with Crippen molar-refractivity contribution >= 4 is 0 Å². The normalized spacial score (nSPS) is 46.8. The molecule has 0 unspecified atom stereocenters. The zero-order valence-corrected chi connectivity index (χ0v) is 20.0. The smallest absolute Gasteiger partial charge is 0.0577 e. The Morgan fingerprint density at radius 1 is 0.967 bits per heavy atom. The Labute approximate surface area is 185 Å². The standard InChI is InChI=1S/C28H45NO/c1-5-18-15-21-17-22(30)7-11-27(21,3)23-8-12-28(4)24(25(18)23)16-19(6-2)26(28)20-9-13-29-14-10-20/h15,18,20,22-25,29-30H,5-14,16-17H2,1-4H3/t18-,22-,23-,24-,25+,27-,28-/m0/s1. The van der Waals surface area contributed by atoms with Crippen LogP contribution in [-0.4, -0.2) is 24.3 Å². The summed E-state index contributed by atoms with van der Waals surface area (Å²) in [5.41, 5.74) is 6.20. The molecule has 1 heterocycles. The molecule has 7 atom stereocenters. The van der Waals surface area contributed by atoms with E-state index in [-0.39, 0.29) is 6.10 Å². The van der Waals surface area contributed by atoms with Crippen LogP contribution >= 0.6 is 0 Å². The molecular weight excluding hydrogens is 366 g/mol. The molecule has 1 saturated heterocycles. The second-order valence-corrected chi connectivity index (χ2v) is 11.9. The molecule has 0 aromatic heterocycles. The van der Waals surface area contributed by atoms with Crippen molar-refractivity contribution in [3.05, 3.63) is 22.8 Å². The van der Waals surface area contributed by atoms with Gasteiger partial charge in [0.1, 0.15) is 0 Å². The van der Waals surface area contributed by atoms with Crippen LogP contribution in [0.4, 0.5) is 0 Å². The molecule has 2 heteroatoms. The number of hydrogen-bond donors (Lipinski definition) is 2. The molecule has 5 aliphatic rings. The van der Waals surface area contributed by atoms with E-state index in [9.17, 15) is 5.11 Å². The number of nitrogens with one attached hydrogen (secondary N) is 1. The van der Waals surface area contributed by atoms with Crippen molar-refractivity contribution in [3.8, 4) is 0 Å². The van der Waals surface area contributed by atoms with Gasteiger partial charge in [-0.25, -0.2) is 0 Å². The van der Waals surface area contributed by atoms with E-state index >= 15 is 0 Å². The molecule has 0 aromatic rings. The van der Waals surface area contributed by atoms with E-state index in [2.05, 4.69) is 39.1 Å². The zero-order valence-electron chi connectivity index (χ0n) is 20.0. The van der Waals surface area contributed by atoms with Gasteiger partial charge in [0.25, 0.3) is 0 Å². The highest BCUT2D eigenvalue weighted by Gasteiger charge is 2.60. The van der Waals surface area contributed by atoms with Crippen molar-refractivity contribution in [2.24, 2.45) is 40.4 Å². The third-order valence-corrected chi connectivity index (χ3v) is 10.7. The van der Waals surface area contributed by atoms with Crippen LogP contribution in [0.2, 0.25) is 0 Å². The van der Waals surface area contributed by atoms with Gasteiger partial charge in [-0.05, 0) is 118 Å². The maximum Gasteiger partial charge on any atom is 0.0577 e. The largest absolute Gasteiger partial charge is 0.393 e. The fraction of sp³-hybridized carbons (Fsp3) is 0.857. The van der Waals surface area contributed by atoms with Crippen LogP contribution in [0.25, 0.3) is 0 Å². The predicted octanol–water partition coefficient (Wildman–Crippen LogP) is 6.26. The first-order valence-electron chi connectivity index (χ1n) is 13.2. The molecule has 2 N–H and O–H groups in total. The molecule has 2 nitrogen and oxygen atoms in total. The Morgan fingerprint density at radius 3 is 2.40 bits per heavy atom. The lowest BCUT2D eigenvalue weighted by Crippen LogP contribution is -2.53. The Hall–Kier alpha value is -0.600. The summed E-state index contributed by atoms with van der Waals surface area (Å²) in [7, 11) is 0. The number of allylic oxidation sites excluding steroid dienone is 3. The number of piperidine rings is 1. The summed E-state index contributed by atoms with van der Waals surface area (Å²) in [5.74, 6) is 4.08. The van der Waals surface area contributed by atoms with E-state index in [1.54, 1.807) is 5.57 Å². The maximum atomic E-state index is 10.4. The number of rotatable bonds is 3. The monoisotopic (exact) mass is 411 g/mol. The minimum atomic E-state index is -0.0985. The third kappa shape index (κ3) is 3.03. The first-order valence-corrected chi connectivity index (χ1v) is 13.2. The van der Waals surface area contributed by atoms with Crippen LogP contribution in [0.5, 0.6) is 0 Å². The van der Waals surface area contributed by atoms with Crippen LogP contribution in [0.15, 0.2) is 22.8 Å². The summed E-state index contributed by atoms with van der Waals surface area (Å²) in [4.78, 5) is 0. The van der Waals surface area contributed by atoms with Crippen LogP contribution in [-0.2, 0) is 0 Å². The average Bonchev–Trinajstić information content (AvgIpc) is 3.06. The zero-order chi connectivity index (χ0) is 21.1. The van der Waals surface area contributed by atoms with Crippen molar-refractivity contribution < 1.29 is 5.11 Å². The first kappa shape index (κ1) is 21.3. The third-order valence-electron chi connectivity index (χ3n) is 10.7. The average molecular weight is 412 g/mol. The number of hydrogen-bond acceptors (Lipinski definition) is 2. The second-order valence-electron chi connectivity index (χ2n) is 11.9. The van der Waals surface area contributed by atoms with E-state index in [0.29, 0.717) is 10.8 Å². The highest BCUT2D eigenvalue weighted by atomic mass is 16.3. The number of fused-ring (bicyclic) bond motifs is 5. The SMILES string of the molecule is CCC1=C(C2CCNCC2)[C@@]2(C)CC[C@H]3[C@@H]([C@@H](CC)C=C4C[C@@H](O)CC[C@@]43C)[C@@H]2C1. The second kappa shape index (κ2) is 7.77. The maximum absolute atomic E-state index is 10.4. The van der Waals surface area contributed by atoms with Crippen LogP contribution in [0, 0.1) is 40.4 Å². The predicted molar refractivity (Wildman–Crippen MR) is 125 cm³/mol. The molecule has 0 radical (unpaired) electrons. The molecule has 5 rings (SSSR count). The quantitative estimate of drug-likeness (QED) is 0.537. The first-order chi connectivity index (χ1) is 14.4. The van der Waals surface area contributed by atoms with E-state index < -0.39 is 0 Å². The van der Waals surface area contributed by atoms with Gasteiger partial charge in [-0.15, -0.1) is 0 Å². The van der Waals surface area contributed by atoms with Crippen molar-refractivity contribution in [2.45, 2.75) is 98.0 Å². The lowest BCUT2D eigenvalue weighted by atomic mass is 9.44. The Morgan fingerprint density at radius 2 is 1.70 bits per heavy atom. The fourth-order valence-corrected chi connectivity index (χ4v) is 9.21. The molecule has 0 aromatic carbocycles. The van der Waals surface area contributed by atoms with E-state index in [1.165, 1.54) is 64.5 Å². The van der Waals surface area contributed by atoms with Crippen LogP contribution in [0.3, 0.4) is 0 Å². The Kier molecular flexibility index (Phi) is 5.50. The van der Waals surface area contributed by atoms with E-state index in [1.807, 2.05) is 11.1 Å². The highest BCUT2D eigenvalue weighted by Crippen LogP contribution is 2.68. The van der Waals surface area contributed by atoms with Crippen molar-refractivity contribution in [2.75, 3.05) is 13.1 Å². The molecule has 0 amide bonds. The number of aliphatic hydroxyl groups is 1. The molecule has 2 saturated carbocycles. The molecule has 168 valence electrons. The summed E-state index contributed by atoms with van der Waals surface area (Å²) in [5, 5.41) is 14.0. The van der Waals surface area contributed by atoms with Gasteiger partial charge in [0.15, 0.2) is 0 Å². The summed E-state index contributed by atoms with van der Waals surface area (Å²) >= 11 is 0. The Balaban J connectivity index is 1.53. The van der Waals surface area contributed by atoms with Gasteiger partial charge in [-0.1, -0.05) is 50.5 Å². The van der Waals surface area contributed by atoms with Gasteiger partial charge in [0.2, 0.25) is 0 Å². The summed E-state index contributed by atoms with van der Waals surface area (Å²) in [6.07, 6.45) is 15.2. The van der Waals surface area contributed by atoms with Crippen molar-refractivity contribution in [1.29, 1.82) is 0 Å².